The Labute approximate surface area is 106 Å². The maximum atomic E-state index is 11.8. The number of rotatable bonds is 9. The molecule has 0 aromatic rings. The van der Waals surface area contributed by atoms with E-state index in [9.17, 15) is 21.6 Å². The zero-order valence-corrected chi connectivity index (χ0v) is 11.5. The average Bonchev–Trinajstić information content (AvgIpc) is 2.23. The molecule has 1 unspecified atom stereocenters. The molecule has 0 aliphatic heterocycles. The Kier molecular flexibility index (Phi) is 7.81. The fraction of sp³-hybridized carbons (Fsp3) is 1.00. The maximum absolute atomic E-state index is 11.8. The van der Waals surface area contributed by atoms with Gasteiger partial charge in [0.1, 0.15) is 0 Å². The minimum atomic E-state index is -4.17. The Morgan fingerprint density at radius 2 is 1.83 bits per heavy atom. The van der Waals surface area contributed by atoms with E-state index in [-0.39, 0.29) is 19.4 Å². The predicted molar refractivity (Wildman–Crippen MR) is 64.8 cm³/mol. The molecule has 0 amide bonds. The van der Waals surface area contributed by atoms with Crippen LogP contribution in [-0.2, 0) is 10.0 Å². The van der Waals surface area contributed by atoms with E-state index >= 15 is 0 Å². The Bertz CT molecular complexity index is 318. The third kappa shape index (κ3) is 8.71. The SMILES string of the molecule is CCNCC(C)S(=O)(=O)NCCCCC(F)(F)F. The molecule has 1 atom stereocenters. The minimum absolute atomic E-state index is 0.0505. The van der Waals surface area contributed by atoms with Gasteiger partial charge in [-0.15, -0.1) is 0 Å². The van der Waals surface area contributed by atoms with E-state index in [4.69, 9.17) is 0 Å². The third-order valence-corrected chi connectivity index (χ3v) is 4.23. The van der Waals surface area contributed by atoms with Crippen LogP contribution < -0.4 is 10.0 Å². The number of alkyl halides is 3. The third-order valence-electron chi connectivity index (χ3n) is 2.40. The van der Waals surface area contributed by atoms with E-state index in [0.717, 1.165) is 0 Å². The number of hydrogen-bond acceptors (Lipinski definition) is 3. The molecule has 110 valence electrons. The molecule has 0 aromatic carbocycles. The van der Waals surface area contributed by atoms with Crippen molar-refractivity contribution < 1.29 is 21.6 Å². The van der Waals surface area contributed by atoms with Crippen molar-refractivity contribution in [3.8, 4) is 0 Å². The summed E-state index contributed by atoms with van der Waals surface area (Å²) in [6, 6.07) is 0. The van der Waals surface area contributed by atoms with Crippen LogP contribution in [0.4, 0.5) is 13.2 Å². The highest BCUT2D eigenvalue weighted by atomic mass is 32.2. The van der Waals surface area contributed by atoms with Crippen LogP contribution in [0.25, 0.3) is 0 Å². The molecular weight excluding hydrogens is 269 g/mol. The number of hydrogen-bond donors (Lipinski definition) is 2. The average molecular weight is 290 g/mol. The van der Waals surface area contributed by atoms with Crippen LogP contribution in [0.5, 0.6) is 0 Å². The van der Waals surface area contributed by atoms with E-state index in [2.05, 4.69) is 10.0 Å². The second-order valence-electron chi connectivity index (χ2n) is 4.13. The second-order valence-corrected chi connectivity index (χ2v) is 6.31. The molecule has 0 spiro atoms. The Morgan fingerprint density at radius 3 is 2.33 bits per heavy atom. The summed E-state index contributed by atoms with van der Waals surface area (Å²) in [5.41, 5.74) is 0. The molecule has 0 saturated heterocycles. The van der Waals surface area contributed by atoms with Crippen molar-refractivity contribution in [3.63, 3.8) is 0 Å². The predicted octanol–water partition coefficient (Wildman–Crippen LogP) is 1.64. The highest BCUT2D eigenvalue weighted by Crippen LogP contribution is 2.21. The van der Waals surface area contributed by atoms with E-state index in [1.54, 1.807) is 6.92 Å². The molecule has 0 rings (SSSR count). The Hall–Kier alpha value is -0.340. The normalized spacial score (nSPS) is 14.7. The van der Waals surface area contributed by atoms with Gasteiger partial charge in [0, 0.05) is 19.5 Å². The van der Waals surface area contributed by atoms with Gasteiger partial charge in [0.15, 0.2) is 0 Å². The van der Waals surface area contributed by atoms with Crippen molar-refractivity contribution in [2.24, 2.45) is 0 Å². The summed E-state index contributed by atoms with van der Waals surface area (Å²) in [6.45, 7) is 4.47. The molecule has 2 N–H and O–H groups in total. The lowest BCUT2D eigenvalue weighted by atomic mass is 10.2. The molecule has 0 saturated carbocycles. The fourth-order valence-electron chi connectivity index (χ4n) is 1.26. The highest BCUT2D eigenvalue weighted by Gasteiger charge is 2.26. The molecule has 0 aromatic heterocycles. The van der Waals surface area contributed by atoms with E-state index in [1.807, 2.05) is 6.92 Å². The monoisotopic (exact) mass is 290 g/mol. The summed E-state index contributed by atoms with van der Waals surface area (Å²) in [5.74, 6) is 0. The highest BCUT2D eigenvalue weighted by molar-refractivity contribution is 7.90. The summed E-state index contributed by atoms with van der Waals surface area (Å²) in [4.78, 5) is 0. The number of halogens is 3. The first-order chi connectivity index (χ1) is 8.19. The van der Waals surface area contributed by atoms with Gasteiger partial charge in [0.2, 0.25) is 10.0 Å². The van der Waals surface area contributed by atoms with E-state index < -0.39 is 27.9 Å². The quantitative estimate of drug-likeness (QED) is 0.635. The zero-order valence-electron chi connectivity index (χ0n) is 10.7. The molecule has 0 radical (unpaired) electrons. The molecule has 4 nitrogen and oxygen atoms in total. The summed E-state index contributed by atoms with van der Waals surface area (Å²) < 4.78 is 61.1. The molecule has 0 bridgehead atoms. The van der Waals surface area contributed by atoms with E-state index in [0.29, 0.717) is 13.1 Å². The van der Waals surface area contributed by atoms with Crippen molar-refractivity contribution in [3.05, 3.63) is 0 Å². The van der Waals surface area contributed by atoms with Crippen LogP contribution in [0.2, 0.25) is 0 Å². The van der Waals surface area contributed by atoms with Gasteiger partial charge in [-0.3, -0.25) is 0 Å². The van der Waals surface area contributed by atoms with Crippen molar-refractivity contribution in [1.29, 1.82) is 0 Å². The van der Waals surface area contributed by atoms with Gasteiger partial charge < -0.3 is 5.32 Å². The number of sulfonamides is 1. The van der Waals surface area contributed by atoms with Crippen LogP contribution >= 0.6 is 0 Å². The molecule has 0 fully saturated rings. The summed E-state index contributed by atoms with van der Waals surface area (Å²) in [7, 11) is -3.44. The zero-order chi connectivity index (χ0) is 14.2. The van der Waals surface area contributed by atoms with Crippen LogP contribution in [0.1, 0.15) is 33.1 Å². The number of nitrogens with one attached hydrogen (secondary N) is 2. The fourth-order valence-corrected chi connectivity index (χ4v) is 2.32. The van der Waals surface area contributed by atoms with Crippen molar-refractivity contribution in [2.75, 3.05) is 19.6 Å². The van der Waals surface area contributed by atoms with Crippen LogP contribution in [0, 0.1) is 0 Å². The largest absolute Gasteiger partial charge is 0.389 e. The summed E-state index contributed by atoms with van der Waals surface area (Å²) in [5, 5.41) is 2.31. The summed E-state index contributed by atoms with van der Waals surface area (Å²) in [6.07, 6.45) is -4.92. The van der Waals surface area contributed by atoms with Gasteiger partial charge in [-0.1, -0.05) is 6.92 Å². The lowest BCUT2D eigenvalue weighted by molar-refractivity contribution is -0.135. The second kappa shape index (κ2) is 7.96. The van der Waals surface area contributed by atoms with Gasteiger partial charge in [-0.05, 0) is 26.3 Å². The van der Waals surface area contributed by atoms with Crippen LogP contribution in [0.3, 0.4) is 0 Å². The smallest absolute Gasteiger partial charge is 0.316 e. The molecule has 18 heavy (non-hydrogen) atoms. The molecule has 0 heterocycles. The van der Waals surface area contributed by atoms with Crippen LogP contribution in [-0.4, -0.2) is 39.5 Å². The van der Waals surface area contributed by atoms with Gasteiger partial charge in [0.25, 0.3) is 0 Å². The first-order valence-electron chi connectivity index (χ1n) is 5.95. The first-order valence-corrected chi connectivity index (χ1v) is 7.49. The van der Waals surface area contributed by atoms with Crippen LogP contribution in [0.15, 0.2) is 0 Å². The van der Waals surface area contributed by atoms with Gasteiger partial charge in [-0.25, -0.2) is 13.1 Å². The molecular formula is C10H21F3N2O2S. The van der Waals surface area contributed by atoms with Crippen molar-refractivity contribution in [1.82, 2.24) is 10.0 Å². The Balaban J connectivity index is 3.84. The van der Waals surface area contributed by atoms with Gasteiger partial charge >= 0.3 is 6.18 Å². The first kappa shape index (κ1) is 17.7. The number of unbranched alkanes of at least 4 members (excludes halogenated alkanes) is 1. The lowest BCUT2D eigenvalue weighted by Crippen LogP contribution is -2.39. The van der Waals surface area contributed by atoms with Crippen molar-refractivity contribution in [2.45, 2.75) is 44.5 Å². The Morgan fingerprint density at radius 1 is 1.22 bits per heavy atom. The standard InChI is InChI=1S/C10H21F3N2O2S/c1-3-14-8-9(2)18(16,17)15-7-5-4-6-10(11,12)13/h9,14-15H,3-8H2,1-2H3. The van der Waals surface area contributed by atoms with Crippen molar-refractivity contribution >= 4 is 10.0 Å². The van der Waals surface area contributed by atoms with E-state index in [1.165, 1.54) is 0 Å². The molecule has 8 heteroatoms. The molecule has 0 aliphatic rings. The summed E-state index contributed by atoms with van der Waals surface area (Å²) >= 11 is 0. The topological polar surface area (TPSA) is 58.2 Å². The van der Waals surface area contributed by atoms with Gasteiger partial charge in [-0.2, -0.15) is 13.2 Å². The molecule has 0 aliphatic carbocycles. The minimum Gasteiger partial charge on any atom is -0.316 e. The lowest BCUT2D eigenvalue weighted by Gasteiger charge is -2.14. The van der Waals surface area contributed by atoms with Gasteiger partial charge in [0.05, 0.1) is 5.25 Å². The maximum Gasteiger partial charge on any atom is 0.389 e.